The van der Waals surface area contributed by atoms with Crippen LogP contribution in [-0.4, -0.2) is 57.6 Å². The summed E-state index contributed by atoms with van der Waals surface area (Å²) in [6.07, 6.45) is 4.78. The first-order valence-electron chi connectivity index (χ1n) is 7.89. The summed E-state index contributed by atoms with van der Waals surface area (Å²) in [4.78, 5) is 18.2. The molecule has 4 rings (SSSR count). The van der Waals surface area contributed by atoms with Gasteiger partial charge in [-0.2, -0.15) is 4.98 Å². The van der Waals surface area contributed by atoms with Crippen LogP contribution < -0.4 is 4.90 Å². The highest BCUT2D eigenvalue weighted by Gasteiger charge is 2.26. The molecule has 0 aliphatic carbocycles. The number of hydrogen-bond acceptors (Lipinski definition) is 5. The van der Waals surface area contributed by atoms with Gasteiger partial charge in [-0.3, -0.25) is 4.57 Å². The van der Waals surface area contributed by atoms with Crippen LogP contribution in [0.5, 0.6) is 0 Å². The third-order valence-electron chi connectivity index (χ3n) is 4.49. The maximum atomic E-state index is 4.78. The highest BCUT2D eigenvalue weighted by atomic mass is 15.3. The minimum Gasteiger partial charge on any atom is -0.339 e. The summed E-state index contributed by atoms with van der Waals surface area (Å²) in [5, 5.41) is 0. The van der Waals surface area contributed by atoms with Crippen molar-refractivity contribution in [1.82, 2.24) is 24.4 Å². The van der Waals surface area contributed by atoms with E-state index in [1.165, 1.54) is 0 Å². The number of aromatic nitrogens is 4. The highest BCUT2D eigenvalue weighted by molar-refractivity contribution is 5.73. The second-order valence-corrected chi connectivity index (χ2v) is 6.18. The predicted octanol–water partition coefficient (Wildman–Crippen LogP) is 1.96. The van der Waals surface area contributed by atoms with Gasteiger partial charge in [0.05, 0.1) is 6.20 Å². The third-order valence-corrected chi connectivity index (χ3v) is 4.49. The number of likely N-dealkylation sites (N-methyl/N-ethyl adjacent to an activating group) is 1. The Hall–Kier alpha value is -2.47. The smallest absolute Gasteiger partial charge is 0.227 e. The van der Waals surface area contributed by atoms with E-state index in [4.69, 9.17) is 4.98 Å². The molecule has 2 aromatic heterocycles. The van der Waals surface area contributed by atoms with E-state index in [0.29, 0.717) is 6.04 Å². The summed E-state index contributed by atoms with van der Waals surface area (Å²) in [5.74, 6) is 0.791. The molecule has 3 heterocycles. The van der Waals surface area contributed by atoms with E-state index in [1.807, 2.05) is 35.3 Å². The molecule has 0 N–H and O–H groups in total. The van der Waals surface area contributed by atoms with Crippen molar-refractivity contribution < 1.29 is 0 Å². The number of rotatable bonds is 3. The van der Waals surface area contributed by atoms with Gasteiger partial charge in [-0.1, -0.05) is 18.2 Å². The number of benzene rings is 1. The van der Waals surface area contributed by atoms with Crippen molar-refractivity contribution in [3.05, 3.63) is 42.9 Å². The van der Waals surface area contributed by atoms with Gasteiger partial charge in [0.2, 0.25) is 5.95 Å². The number of fused-ring (bicyclic) bond motifs is 1. The Kier molecular flexibility index (Phi) is 3.46. The number of imidazole rings is 1. The Morgan fingerprint density at radius 1 is 1.13 bits per heavy atom. The van der Waals surface area contributed by atoms with Crippen molar-refractivity contribution >= 4 is 17.1 Å². The number of nitrogens with zero attached hydrogens (tertiary/aromatic N) is 6. The Balaban J connectivity index is 1.71. The Bertz CT molecular complexity index is 810. The topological polar surface area (TPSA) is 50.1 Å². The molecule has 0 amide bonds. The third kappa shape index (κ3) is 2.55. The average molecular weight is 308 g/mol. The van der Waals surface area contributed by atoms with Crippen LogP contribution in [0, 0.1) is 0 Å². The monoisotopic (exact) mass is 308 g/mol. The van der Waals surface area contributed by atoms with Crippen molar-refractivity contribution in [3.63, 3.8) is 0 Å². The molecular formula is C17H20N6. The van der Waals surface area contributed by atoms with Crippen LogP contribution in [0.3, 0.4) is 0 Å². The minimum atomic E-state index is 0.563. The summed E-state index contributed by atoms with van der Waals surface area (Å²) in [5.41, 5.74) is 2.74. The largest absolute Gasteiger partial charge is 0.339 e. The fourth-order valence-corrected chi connectivity index (χ4v) is 3.08. The van der Waals surface area contributed by atoms with Crippen LogP contribution in [-0.2, 0) is 0 Å². The number of para-hydroxylation sites is 1. The quantitative estimate of drug-likeness (QED) is 0.740. The molecule has 118 valence electrons. The molecule has 1 atom stereocenters. The van der Waals surface area contributed by atoms with E-state index in [9.17, 15) is 0 Å². The van der Waals surface area contributed by atoms with Gasteiger partial charge >= 0.3 is 0 Å². The summed E-state index contributed by atoms with van der Waals surface area (Å²) >= 11 is 0. The van der Waals surface area contributed by atoms with Crippen molar-refractivity contribution in [2.45, 2.75) is 12.5 Å². The number of hydrogen-bond donors (Lipinski definition) is 0. The van der Waals surface area contributed by atoms with Crippen LogP contribution in [0.4, 0.5) is 5.95 Å². The molecule has 1 aromatic carbocycles. The molecule has 23 heavy (non-hydrogen) atoms. The Morgan fingerprint density at radius 3 is 2.70 bits per heavy atom. The van der Waals surface area contributed by atoms with E-state index >= 15 is 0 Å². The lowest BCUT2D eigenvalue weighted by molar-refractivity contribution is 0.315. The normalized spacial score (nSPS) is 18.2. The van der Waals surface area contributed by atoms with Gasteiger partial charge in [-0.15, -0.1) is 0 Å². The first-order valence-corrected chi connectivity index (χ1v) is 7.89. The van der Waals surface area contributed by atoms with E-state index in [0.717, 1.165) is 42.3 Å². The number of anilines is 1. The lowest BCUT2D eigenvalue weighted by atomic mass is 10.2. The van der Waals surface area contributed by atoms with Crippen molar-refractivity contribution in [1.29, 1.82) is 0 Å². The molecule has 0 bridgehead atoms. The molecule has 0 radical (unpaired) electrons. The molecule has 1 unspecified atom stereocenters. The van der Waals surface area contributed by atoms with Gasteiger partial charge in [-0.25, -0.2) is 9.97 Å². The fraction of sp³-hybridized carbons (Fsp3) is 0.353. The molecular weight excluding hydrogens is 288 g/mol. The molecule has 6 heteroatoms. The lowest BCUT2D eigenvalue weighted by Gasteiger charge is -2.20. The molecule has 1 saturated heterocycles. The average Bonchev–Trinajstić information content (AvgIpc) is 3.22. The molecule has 0 saturated carbocycles. The lowest BCUT2D eigenvalue weighted by Crippen LogP contribution is -2.32. The highest BCUT2D eigenvalue weighted by Crippen LogP contribution is 2.22. The van der Waals surface area contributed by atoms with Crippen LogP contribution in [0.1, 0.15) is 6.42 Å². The first-order chi connectivity index (χ1) is 11.2. The fourth-order valence-electron chi connectivity index (χ4n) is 3.08. The van der Waals surface area contributed by atoms with Gasteiger partial charge < -0.3 is 9.80 Å². The zero-order valence-corrected chi connectivity index (χ0v) is 13.4. The van der Waals surface area contributed by atoms with E-state index < -0.39 is 0 Å². The minimum absolute atomic E-state index is 0.563. The standard InChI is InChI=1S/C17H20N6/c1-21(2)14-8-9-22(11-14)17-18-10-15-16(20-17)23(12-19-15)13-6-4-3-5-7-13/h3-7,10,12,14H,8-9,11H2,1-2H3. The summed E-state index contributed by atoms with van der Waals surface area (Å²) < 4.78 is 2.01. The van der Waals surface area contributed by atoms with Crippen LogP contribution in [0.15, 0.2) is 42.9 Å². The maximum Gasteiger partial charge on any atom is 0.227 e. The van der Waals surface area contributed by atoms with Crippen LogP contribution in [0.2, 0.25) is 0 Å². The SMILES string of the molecule is CN(C)C1CCN(c2ncc3ncn(-c4ccccc4)c3n2)C1. The predicted molar refractivity (Wildman–Crippen MR) is 91.0 cm³/mol. The second-order valence-electron chi connectivity index (χ2n) is 6.18. The Morgan fingerprint density at radius 2 is 1.96 bits per heavy atom. The summed E-state index contributed by atoms with van der Waals surface area (Å²) in [6, 6.07) is 10.7. The summed E-state index contributed by atoms with van der Waals surface area (Å²) in [7, 11) is 4.26. The van der Waals surface area contributed by atoms with E-state index in [-0.39, 0.29) is 0 Å². The zero-order valence-electron chi connectivity index (χ0n) is 13.4. The van der Waals surface area contributed by atoms with Crippen LogP contribution in [0.25, 0.3) is 16.9 Å². The zero-order chi connectivity index (χ0) is 15.8. The van der Waals surface area contributed by atoms with Crippen molar-refractivity contribution in [2.24, 2.45) is 0 Å². The van der Waals surface area contributed by atoms with Gasteiger partial charge in [0.25, 0.3) is 0 Å². The Labute approximate surface area is 135 Å². The molecule has 0 spiro atoms. The van der Waals surface area contributed by atoms with Gasteiger partial charge in [0.15, 0.2) is 5.65 Å². The molecule has 1 fully saturated rings. The van der Waals surface area contributed by atoms with Gasteiger partial charge in [-0.05, 0) is 32.6 Å². The maximum absolute atomic E-state index is 4.78. The molecule has 1 aliphatic heterocycles. The van der Waals surface area contributed by atoms with Gasteiger partial charge in [0, 0.05) is 24.8 Å². The van der Waals surface area contributed by atoms with E-state index in [1.54, 1.807) is 0 Å². The molecule has 3 aromatic rings. The molecule has 6 nitrogen and oxygen atoms in total. The van der Waals surface area contributed by atoms with Crippen molar-refractivity contribution in [3.8, 4) is 5.69 Å². The second kappa shape index (κ2) is 5.62. The summed E-state index contributed by atoms with van der Waals surface area (Å²) in [6.45, 7) is 1.96. The molecule has 1 aliphatic rings. The van der Waals surface area contributed by atoms with E-state index in [2.05, 4.69) is 46.0 Å². The van der Waals surface area contributed by atoms with Gasteiger partial charge in [0.1, 0.15) is 11.8 Å². The first kappa shape index (κ1) is 14.1. The van der Waals surface area contributed by atoms with Crippen molar-refractivity contribution in [2.75, 3.05) is 32.1 Å². The van der Waals surface area contributed by atoms with Crippen LogP contribution >= 0.6 is 0 Å².